The number of hydrogen-bond acceptors (Lipinski definition) is 1. The van der Waals surface area contributed by atoms with Gasteiger partial charge >= 0.3 is 0 Å². The van der Waals surface area contributed by atoms with Crippen LogP contribution in [-0.2, 0) is 0 Å². The van der Waals surface area contributed by atoms with Crippen LogP contribution in [0.2, 0.25) is 0 Å². The van der Waals surface area contributed by atoms with Crippen molar-refractivity contribution in [1.82, 2.24) is 5.32 Å². The Morgan fingerprint density at radius 2 is 1.74 bits per heavy atom. The molecule has 110 valence electrons. The Balaban J connectivity index is 1.60. The quantitative estimate of drug-likeness (QED) is 0.737. The summed E-state index contributed by atoms with van der Waals surface area (Å²) in [6.07, 6.45) is 13.4. The fourth-order valence-corrected chi connectivity index (χ4v) is 5.11. The summed E-state index contributed by atoms with van der Waals surface area (Å²) in [5.41, 5.74) is 0. The highest BCUT2D eigenvalue weighted by Crippen LogP contribution is 2.56. The first-order chi connectivity index (χ1) is 9.31. The topological polar surface area (TPSA) is 12.0 Å². The SMILES string of the molecule is CCCNC(C1CCCC(CC)C1)C1CC2CC2C1. The average Bonchev–Trinajstić information content (AvgIpc) is 3.06. The van der Waals surface area contributed by atoms with Crippen LogP contribution in [0.5, 0.6) is 0 Å². The minimum Gasteiger partial charge on any atom is -0.313 e. The van der Waals surface area contributed by atoms with Gasteiger partial charge in [-0.3, -0.25) is 0 Å². The Hall–Kier alpha value is -0.0400. The smallest absolute Gasteiger partial charge is 0.0124 e. The van der Waals surface area contributed by atoms with E-state index in [4.69, 9.17) is 0 Å². The van der Waals surface area contributed by atoms with Gasteiger partial charge in [-0.15, -0.1) is 0 Å². The van der Waals surface area contributed by atoms with Crippen LogP contribution in [0.1, 0.15) is 71.6 Å². The van der Waals surface area contributed by atoms with E-state index < -0.39 is 0 Å². The van der Waals surface area contributed by atoms with Crippen LogP contribution in [0.4, 0.5) is 0 Å². The Morgan fingerprint density at radius 3 is 2.42 bits per heavy atom. The van der Waals surface area contributed by atoms with Crippen molar-refractivity contribution in [1.29, 1.82) is 0 Å². The zero-order valence-corrected chi connectivity index (χ0v) is 13.0. The Labute approximate surface area is 119 Å². The summed E-state index contributed by atoms with van der Waals surface area (Å²) in [6.45, 7) is 5.95. The van der Waals surface area contributed by atoms with Crippen molar-refractivity contribution in [2.75, 3.05) is 6.54 Å². The molecule has 1 heteroatoms. The molecule has 3 aliphatic rings. The summed E-state index contributed by atoms with van der Waals surface area (Å²) in [7, 11) is 0. The summed E-state index contributed by atoms with van der Waals surface area (Å²) >= 11 is 0. The van der Waals surface area contributed by atoms with Gasteiger partial charge in [-0.25, -0.2) is 0 Å². The van der Waals surface area contributed by atoms with E-state index in [0.717, 1.165) is 35.6 Å². The molecule has 3 rings (SSSR count). The molecule has 0 radical (unpaired) electrons. The first-order valence-corrected chi connectivity index (χ1v) is 9.05. The normalized spacial score (nSPS) is 42.9. The summed E-state index contributed by atoms with van der Waals surface area (Å²) in [5, 5.41) is 3.97. The van der Waals surface area contributed by atoms with Crippen LogP contribution in [0.3, 0.4) is 0 Å². The standard InChI is InChI=1S/C18H33N/c1-3-8-19-18(17-11-15-10-16(15)12-17)14-7-5-6-13(4-2)9-14/h13-19H,3-12H2,1-2H3. The van der Waals surface area contributed by atoms with E-state index in [1.165, 1.54) is 45.1 Å². The highest BCUT2D eigenvalue weighted by molar-refractivity contribution is 5.01. The predicted octanol–water partition coefficient (Wildman–Crippen LogP) is 4.62. The second kappa shape index (κ2) is 6.16. The fraction of sp³-hybridized carbons (Fsp3) is 1.00. The molecule has 1 N–H and O–H groups in total. The van der Waals surface area contributed by atoms with E-state index >= 15 is 0 Å². The van der Waals surface area contributed by atoms with Gasteiger partial charge in [0.05, 0.1) is 0 Å². The van der Waals surface area contributed by atoms with Crippen LogP contribution in [0.25, 0.3) is 0 Å². The lowest BCUT2D eigenvalue weighted by Gasteiger charge is -2.38. The van der Waals surface area contributed by atoms with E-state index in [0.29, 0.717) is 0 Å². The summed E-state index contributed by atoms with van der Waals surface area (Å²) < 4.78 is 0. The average molecular weight is 263 g/mol. The largest absolute Gasteiger partial charge is 0.313 e. The van der Waals surface area contributed by atoms with Gasteiger partial charge in [0, 0.05) is 6.04 Å². The molecule has 3 saturated carbocycles. The molecular weight excluding hydrogens is 230 g/mol. The molecule has 0 saturated heterocycles. The number of hydrogen-bond donors (Lipinski definition) is 1. The Bertz CT molecular complexity index is 277. The van der Waals surface area contributed by atoms with Gasteiger partial charge in [-0.1, -0.05) is 33.1 Å². The molecular formula is C18H33N. The van der Waals surface area contributed by atoms with Crippen LogP contribution >= 0.6 is 0 Å². The molecule has 0 aromatic rings. The molecule has 1 nitrogen and oxygen atoms in total. The third-order valence-electron chi connectivity index (χ3n) is 6.33. The molecule has 3 fully saturated rings. The lowest BCUT2D eigenvalue weighted by Crippen LogP contribution is -2.44. The molecule has 0 heterocycles. The van der Waals surface area contributed by atoms with Crippen molar-refractivity contribution < 1.29 is 0 Å². The van der Waals surface area contributed by atoms with Gasteiger partial charge in [0.25, 0.3) is 0 Å². The molecule has 0 aromatic heterocycles. The van der Waals surface area contributed by atoms with Crippen molar-refractivity contribution in [3.8, 4) is 0 Å². The van der Waals surface area contributed by atoms with E-state index in [-0.39, 0.29) is 0 Å². The fourth-order valence-electron chi connectivity index (χ4n) is 5.11. The third kappa shape index (κ3) is 3.17. The maximum Gasteiger partial charge on any atom is 0.0124 e. The van der Waals surface area contributed by atoms with Gasteiger partial charge < -0.3 is 5.32 Å². The first kappa shape index (κ1) is 13.9. The Kier molecular flexibility index (Phi) is 4.51. The van der Waals surface area contributed by atoms with Gasteiger partial charge in [0.1, 0.15) is 0 Å². The van der Waals surface area contributed by atoms with Gasteiger partial charge in [0.2, 0.25) is 0 Å². The Morgan fingerprint density at radius 1 is 0.947 bits per heavy atom. The summed E-state index contributed by atoms with van der Waals surface area (Å²) in [6, 6.07) is 0.863. The van der Waals surface area contributed by atoms with E-state index in [9.17, 15) is 0 Å². The second-order valence-corrected chi connectivity index (χ2v) is 7.67. The molecule has 3 aliphatic carbocycles. The number of rotatable bonds is 6. The first-order valence-electron chi connectivity index (χ1n) is 9.05. The van der Waals surface area contributed by atoms with Crippen molar-refractivity contribution in [2.45, 2.75) is 77.7 Å². The van der Waals surface area contributed by atoms with Crippen LogP contribution in [0.15, 0.2) is 0 Å². The maximum absolute atomic E-state index is 3.97. The summed E-state index contributed by atoms with van der Waals surface area (Å²) in [4.78, 5) is 0. The second-order valence-electron chi connectivity index (χ2n) is 7.67. The molecule has 0 aliphatic heterocycles. The van der Waals surface area contributed by atoms with Crippen molar-refractivity contribution in [3.05, 3.63) is 0 Å². The van der Waals surface area contributed by atoms with E-state index in [2.05, 4.69) is 19.2 Å². The number of fused-ring (bicyclic) bond motifs is 1. The summed E-state index contributed by atoms with van der Waals surface area (Å²) in [5.74, 6) is 5.33. The van der Waals surface area contributed by atoms with Crippen molar-refractivity contribution >= 4 is 0 Å². The van der Waals surface area contributed by atoms with Crippen LogP contribution in [-0.4, -0.2) is 12.6 Å². The van der Waals surface area contributed by atoms with Crippen LogP contribution in [0, 0.1) is 29.6 Å². The van der Waals surface area contributed by atoms with E-state index in [1.54, 1.807) is 19.3 Å². The minimum atomic E-state index is 0.863. The van der Waals surface area contributed by atoms with Gasteiger partial charge in [-0.05, 0) is 74.7 Å². The van der Waals surface area contributed by atoms with Crippen LogP contribution < -0.4 is 5.32 Å². The predicted molar refractivity (Wildman–Crippen MR) is 82.1 cm³/mol. The molecule has 19 heavy (non-hydrogen) atoms. The highest BCUT2D eigenvalue weighted by atomic mass is 14.9. The zero-order chi connectivity index (χ0) is 13.2. The molecule has 5 atom stereocenters. The maximum atomic E-state index is 3.97. The van der Waals surface area contributed by atoms with Crippen molar-refractivity contribution in [2.24, 2.45) is 29.6 Å². The third-order valence-corrected chi connectivity index (χ3v) is 6.33. The minimum absolute atomic E-state index is 0.863. The molecule has 5 unspecified atom stereocenters. The van der Waals surface area contributed by atoms with Gasteiger partial charge in [-0.2, -0.15) is 0 Å². The zero-order valence-electron chi connectivity index (χ0n) is 13.0. The molecule has 0 aromatic carbocycles. The lowest BCUT2D eigenvalue weighted by molar-refractivity contribution is 0.163. The number of nitrogens with one attached hydrogen (secondary N) is 1. The monoisotopic (exact) mass is 263 g/mol. The highest BCUT2D eigenvalue weighted by Gasteiger charge is 2.49. The lowest BCUT2D eigenvalue weighted by atomic mass is 9.72. The van der Waals surface area contributed by atoms with E-state index in [1.807, 2.05) is 0 Å². The van der Waals surface area contributed by atoms with Gasteiger partial charge in [0.15, 0.2) is 0 Å². The molecule has 0 spiro atoms. The molecule has 0 bridgehead atoms. The van der Waals surface area contributed by atoms with Crippen molar-refractivity contribution in [3.63, 3.8) is 0 Å². The molecule has 0 amide bonds.